The zero-order chi connectivity index (χ0) is 16.9. The minimum absolute atomic E-state index is 0.114. The van der Waals surface area contributed by atoms with Crippen molar-refractivity contribution in [3.05, 3.63) is 35.9 Å². The molecule has 0 bridgehead atoms. The predicted octanol–water partition coefficient (Wildman–Crippen LogP) is 4.06. The molecule has 1 saturated carbocycles. The molecule has 0 aromatic heterocycles. The monoisotopic (exact) mass is 322 g/mol. The van der Waals surface area contributed by atoms with Crippen LogP contribution in [0.4, 0.5) is 4.79 Å². The van der Waals surface area contributed by atoms with Gasteiger partial charge in [-0.05, 0) is 42.7 Å². The fraction of sp³-hybridized carbons (Fsp3) is 0.529. The average Bonchev–Trinajstić information content (AvgIpc) is 2.45. The number of benzene rings is 1. The SMILES string of the molecule is CC1CC(OC(=O)OOOC(=O)c2ccccc2)CC(C)(C)C1. The number of rotatable bonds is 4. The lowest BCUT2D eigenvalue weighted by Crippen LogP contribution is -2.34. The summed E-state index contributed by atoms with van der Waals surface area (Å²) in [4.78, 5) is 31.9. The molecular weight excluding hydrogens is 300 g/mol. The number of carbonyl (C=O) groups excluding carboxylic acids is 2. The smallest absolute Gasteiger partial charge is 0.429 e. The molecule has 1 aliphatic rings. The quantitative estimate of drug-likeness (QED) is 0.473. The van der Waals surface area contributed by atoms with Gasteiger partial charge >= 0.3 is 12.1 Å². The van der Waals surface area contributed by atoms with Crippen molar-refractivity contribution in [2.75, 3.05) is 0 Å². The van der Waals surface area contributed by atoms with E-state index in [9.17, 15) is 9.59 Å². The summed E-state index contributed by atoms with van der Waals surface area (Å²) in [5, 5.41) is 4.21. The van der Waals surface area contributed by atoms with E-state index in [1.54, 1.807) is 30.3 Å². The Bertz CT molecular complexity index is 539. The molecule has 6 nitrogen and oxygen atoms in total. The third-order valence-electron chi connectivity index (χ3n) is 3.83. The Morgan fingerprint density at radius 2 is 1.78 bits per heavy atom. The predicted molar refractivity (Wildman–Crippen MR) is 81.1 cm³/mol. The maximum absolute atomic E-state index is 11.6. The lowest BCUT2D eigenvalue weighted by molar-refractivity contribution is -0.453. The van der Waals surface area contributed by atoms with Crippen LogP contribution in [-0.4, -0.2) is 18.2 Å². The molecular formula is C17H22O6. The molecule has 1 fully saturated rings. The van der Waals surface area contributed by atoms with Gasteiger partial charge in [-0.2, -0.15) is 0 Å². The average molecular weight is 322 g/mol. The van der Waals surface area contributed by atoms with Crippen LogP contribution < -0.4 is 0 Å². The topological polar surface area (TPSA) is 71.1 Å². The van der Waals surface area contributed by atoms with Gasteiger partial charge in [-0.25, -0.2) is 14.5 Å². The maximum atomic E-state index is 11.6. The molecule has 0 spiro atoms. The first-order valence-electron chi connectivity index (χ1n) is 7.67. The first kappa shape index (κ1) is 17.3. The van der Waals surface area contributed by atoms with Gasteiger partial charge in [0, 0.05) is 0 Å². The van der Waals surface area contributed by atoms with Crippen molar-refractivity contribution >= 4 is 12.1 Å². The minimum atomic E-state index is -1.01. The largest absolute Gasteiger partial charge is 0.543 e. The zero-order valence-corrected chi connectivity index (χ0v) is 13.6. The molecule has 2 rings (SSSR count). The summed E-state index contributed by atoms with van der Waals surface area (Å²) in [6.45, 7) is 6.41. The van der Waals surface area contributed by atoms with Crippen molar-refractivity contribution in [1.29, 1.82) is 0 Å². The van der Waals surface area contributed by atoms with Crippen LogP contribution >= 0.6 is 0 Å². The standard InChI is InChI=1S/C17H22O6/c1-12-9-14(11-17(2,3)10-12)20-16(19)22-23-21-15(18)13-7-5-4-6-8-13/h4-8,12,14H,9-11H2,1-3H3. The second-order valence-electron chi connectivity index (χ2n) is 6.79. The van der Waals surface area contributed by atoms with E-state index in [-0.39, 0.29) is 17.1 Å². The van der Waals surface area contributed by atoms with Gasteiger partial charge in [-0.1, -0.05) is 39.0 Å². The van der Waals surface area contributed by atoms with Gasteiger partial charge in [0.1, 0.15) is 6.10 Å². The lowest BCUT2D eigenvalue weighted by atomic mass is 9.71. The van der Waals surface area contributed by atoms with Gasteiger partial charge in [0.2, 0.25) is 0 Å². The number of hydrogen-bond donors (Lipinski definition) is 0. The van der Waals surface area contributed by atoms with E-state index < -0.39 is 12.1 Å². The maximum Gasteiger partial charge on any atom is 0.543 e. The van der Waals surface area contributed by atoms with Crippen molar-refractivity contribution < 1.29 is 29.1 Å². The van der Waals surface area contributed by atoms with E-state index in [0.717, 1.165) is 19.3 Å². The van der Waals surface area contributed by atoms with Crippen LogP contribution in [0.15, 0.2) is 30.3 Å². The van der Waals surface area contributed by atoms with Crippen molar-refractivity contribution in [2.24, 2.45) is 11.3 Å². The highest BCUT2D eigenvalue weighted by molar-refractivity contribution is 5.88. The van der Waals surface area contributed by atoms with E-state index >= 15 is 0 Å². The van der Waals surface area contributed by atoms with Gasteiger partial charge < -0.3 is 4.74 Å². The summed E-state index contributed by atoms with van der Waals surface area (Å²) in [5.74, 6) is -0.292. The Kier molecular flexibility index (Phi) is 5.60. The molecule has 1 aliphatic carbocycles. The molecule has 2 unspecified atom stereocenters. The molecule has 126 valence electrons. The van der Waals surface area contributed by atoms with Crippen molar-refractivity contribution in [3.63, 3.8) is 0 Å². The highest BCUT2D eigenvalue weighted by Gasteiger charge is 2.34. The minimum Gasteiger partial charge on any atom is -0.429 e. The van der Waals surface area contributed by atoms with Gasteiger partial charge in [-0.3, -0.25) is 4.89 Å². The van der Waals surface area contributed by atoms with Gasteiger partial charge in [0.15, 0.2) is 0 Å². The third-order valence-corrected chi connectivity index (χ3v) is 3.83. The number of hydrogen-bond acceptors (Lipinski definition) is 6. The molecule has 1 aromatic rings. The van der Waals surface area contributed by atoms with Crippen LogP contribution in [0.1, 0.15) is 50.4 Å². The molecule has 23 heavy (non-hydrogen) atoms. The highest BCUT2D eigenvalue weighted by Crippen LogP contribution is 2.39. The molecule has 0 N–H and O–H groups in total. The molecule has 6 heteroatoms. The van der Waals surface area contributed by atoms with Crippen LogP contribution in [0.3, 0.4) is 0 Å². The summed E-state index contributed by atoms with van der Waals surface area (Å²) in [5.41, 5.74) is 0.399. The fourth-order valence-corrected chi connectivity index (χ4v) is 3.20. The Labute approximate surface area is 135 Å². The van der Waals surface area contributed by atoms with Crippen molar-refractivity contribution in [3.8, 4) is 0 Å². The summed E-state index contributed by atoms with van der Waals surface area (Å²) < 4.78 is 5.21. The van der Waals surface area contributed by atoms with E-state index in [2.05, 4.69) is 35.6 Å². The summed E-state index contributed by atoms with van der Waals surface area (Å²) in [6, 6.07) is 8.22. The Morgan fingerprint density at radius 3 is 2.43 bits per heavy atom. The highest BCUT2D eigenvalue weighted by atomic mass is 17.5. The Balaban J connectivity index is 1.72. The molecule has 0 heterocycles. The lowest BCUT2D eigenvalue weighted by Gasteiger charge is -2.37. The zero-order valence-electron chi connectivity index (χ0n) is 13.6. The van der Waals surface area contributed by atoms with Crippen LogP contribution in [-0.2, 0) is 19.6 Å². The van der Waals surface area contributed by atoms with Gasteiger partial charge in [0.05, 0.1) is 10.6 Å². The van der Waals surface area contributed by atoms with Crippen LogP contribution in [0, 0.1) is 11.3 Å². The van der Waals surface area contributed by atoms with Gasteiger partial charge in [-0.15, -0.1) is 0 Å². The van der Waals surface area contributed by atoms with Crippen LogP contribution in [0.5, 0.6) is 0 Å². The van der Waals surface area contributed by atoms with E-state index in [0.29, 0.717) is 5.92 Å². The van der Waals surface area contributed by atoms with Crippen molar-refractivity contribution in [2.45, 2.75) is 46.1 Å². The molecule has 0 saturated heterocycles. The summed E-state index contributed by atoms with van der Waals surface area (Å²) in [7, 11) is 0. The summed E-state index contributed by atoms with van der Waals surface area (Å²) in [6.07, 6.45) is 1.39. The second-order valence-corrected chi connectivity index (χ2v) is 6.79. The normalized spacial score (nSPS) is 22.9. The molecule has 0 radical (unpaired) electrons. The van der Waals surface area contributed by atoms with Gasteiger partial charge in [0.25, 0.3) is 0 Å². The number of carbonyl (C=O) groups is 2. The first-order valence-corrected chi connectivity index (χ1v) is 7.67. The fourth-order valence-electron chi connectivity index (χ4n) is 3.20. The molecule has 0 aliphatic heterocycles. The van der Waals surface area contributed by atoms with Crippen molar-refractivity contribution in [1.82, 2.24) is 0 Å². The third kappa shape index (κ3) is 5.56. The summed E-state index contributed by atoms with van der Waals surface area (Å²) >= 11 is 0. The Morgan fingerprint density at radius 1 is 1.09 bits per heavy atom. The van der Waals surface area contributed by atoms with Crippen LogP contribution in [0.25, 0.3) is 0 Å². The van der Waals surface area contributed by atoms with E-state index in [4.69, 9.17) is 4.74 Å². The molecule has 0 amide bonds. The first-order chi connectivity index (χ1) is 10.9. The van der Waals surface area contributed by atoms with Crippen LogP contribution in [0.2, 0.25) is 0 Å². The molecule has 2 atom stereocenters. The molecule has 1 aromatic carbocycles. The second kappa shape index (κ2) is 7.46. The van der Waals surface area contributed by atoms with E-state index in [1.165, 1.54) is 0 Å². The number of ether oxygens (including phenoxy) is 1. The Hall–Kier alpha value is -2.08. The van der Waals surface area contributed by atoms with E-state index in [1.807, 2.05) is 0 Å².